The number of furan rings is 2. The molecular formula is C48H28O2. The average molecular weight is 637 g/mol. The smallest absolute Gasteiger partial charge is 0.143 e. The molecule has 0 atom stereocenters. The SMILES string of the molecule is c1ccc(-c2c3ccccc3c(-c3ccc(-c4ccc5oc6c7cc8oc9ccccc9c8cc7ccc6c5c4)cc3)c3ccccc23)cc1. The molecule has 2 heteroatoms. The van der Waals surface area contributed by atoms with Crippen molar-refractivity contribution >= 4 is 76.2 Å². The molecule has 0 unspecified atom stereocenters. The molecule has 0 fully saturated rings. The Kier molecular flexibility index (Phi) is 5.70. The summed E-state index contributed by atoms with van der Waals surface area (Å²) in [6.45, 7) is 0. The highest BCUT2D eigenvalue weighted by atomic mass is 16.3. The minimum atomic E-state index is 0.877. The van der Waals surface area contributed by atoms with E-state index in [1.54, 1.807) is 0 Å². The van der Waals surface area contributed by atoms with Gasteiger partial charge in [0.25, 0.3) is 0 Å². The zero-order valence-electron chi connectivity index (χ0n) is 27.0. The fourth-order valence-electron chi connectivity index (χ4n) is 8.14. The van der Waals surface area contributed by atoms with E-state index in [1.165, 1.54) is 49.4 Å². The maximum Gasteiger partial charge on any atom is 0.143 e. The second-order valence-electron chi connectivity index (χ2n) is 13.2. The van der Waals surface area contributed by atoms with E-state index >= 15 is 0 Å². The van der Waals surface area contributed by atoms with Crippen LogP contribution in [0, 0.1) is 0 Å². The maximum absolute atomic E-state index is 6.54. The molecular weight excluding hydrogens is 609 g/mol. The van der Waals surface area contributed by atoms with Crippen molar-refractivity contribution in [1.82, 2.24) is 0 Å². The molecule has 0 saturated heterocycles. The Hall–Kier alpha value is -6.64. The number of hydrogen-bond acceptors (Lipinski definition) is 2. The van der Waals surface area contributed by atoms with Gasteiger partial charge in [0, 0.05) is 26.9 Å². The lowest BCUT2D eigenvalue weighted by atomic mass is 9.86. The Morgan fingerprint density at radius 3 is 1.50 bits per heavy atom. The van der Waals surface area contributed by atoms with Gasteiger partial charge in [0.15, 0.2) is 0 Å². The topological polar surface area (TPSA) is 26.3 Å². The summed E-state index contributed by atoms with van der Waals surface area (Å²) in [6, 6.07) is 60.9. The fourth-order valence-corrected chi connectivity index (χ4v) is 8.14. The Morgan fingerprint density at radius 1 is 0.260 bits per heavy atom. The van der Waals surface area contributed by atoms with Gasteiger partial charge in [-0.25, -0.2) is 0 Å². The van der Waals surface area contributed by atoms with Gasteiger partial charge in [-0.2, -0.15) is 0 Å². The van der Waals surface area contributed by atoms with Gasteiger partial charge in [-0.3, -0.25) is 0 Å². The summed E-state index contributed by atoms with van der Waals surface area (Å²) in [5.74, 6) is 0. The molecule has 50 heavy (non-hydrogen) atoms. The standard InChI is InChI=1S/C48H28O2/c1-2-10-30(11-3-1)46-35-13-4-6-15-37(35)47(38-16-7-5-14-36(38)46)31-20-18-29(19-21-31)32-23-25-44-42(26-32)39-24-22-33-27-41-34-12-8-9-17-43(34)49-45(41)28-40(33)48(39)50-44/h1-28H. The van der Waals surface area contributed by atoms with E-state index in [4.69, 9.17) is 8.83 Å². The predicted molar refractivity (Wildman–Crippen MR) is 210 cm³/mol. The van der Waals surface area contributed by atoms with E-state index in [2.05, 4.69) is 158 Å². The molecule has 2 nitrogen and oxygen atoms in total. The lowest BCUT2D eigenvalue weighted by molar-refractivity contribution is 0.667. The molecule has 0 aliphatic carbocycles. The van der Waals surface area contributed by atoms with Crippen LogP contribution in [-0.4, -0.2) is 0 Å². The molecule has 2 aromatic heterocycles. The van der Waals surface area contributed by atoms with Crippen molar-refractivity contribution in [2.24, 2.45) is 0 Å². The van der Waals surface area contributed by atoms with Gasteiger partial charge < -0.3 is 8.83 Å². The minimum absolute atomic E-state index is 0.877. The Labute approximate surface area is 287 Å². The van der Waals surface area contributed by atoms with Crippen LogP contribution in [0.5, 0.6) is 0 Å². The van der Waals surface area contributed by atoms with Gasteiger partial charge in [-0.05, 0) is 96.7 Å². The molecule has 11 aromatic rings. The summed E-state index contributed by atoms with van der Waals surface area (Å²) in [5.41, 5.74) is 10.9. The third kappa shape index (κ3) is 3.96. The normalized spacial score (nSPS) is 12.0. The van der Waals surface area contributed by atoms with Gasteiger partial charge in [0.1, 0.15) is 22.3 Å². The van der Waals surface area contributed by atoms with E-state index in [1.807, 2.05) is 12.1 Å². The van der Waals surface area contributed by atoms with Gasteiger partial charge in [-0.15, -0.1) is 0 Å². The summed E-state index contributed by atoms with van der Waals surface area (Å²) >= 11 is 0. The zero-order valence-corrected chi connectivity index (χ0v) is 27.0. The van der Waals surface area contributed by atoms with Crippen LogP contribution in [0.1, 0.15) is 0 Å². The zero-order chi connectivity index (χ0) is 32.8. The molecule has 0 saturated carbocycles. The average Bonchev–Trinajstić information content (AvgIpc) is 3.74. The van der Waals surface area contributed by atoms with Crippen molar-refractivity contribution in [3.8, 4) is 33.4 Å². The van der Waals surface area contributed by atoms with E-state index in [0.29, 0.717) is 0 Å². The van der Waals surface area contributed by atoms with Gasteiger partial charge >= 0.3 is 0 Å². The number of para-hydroxylation sites is 1. The molecule has 0 N–H and O–H groups in total. The van der Waals surface area contributed by atoms with Crippen molar-refractivity contribution in [1.29, 1.82) is 0 Å². The molecule has 0 spiro atoms. The maximum atomic E-state index is 6.54. The van der Waals surface area contributed by atoms with E-state index in [0.717, 1.165) is 60.2 Å². The summed E-state index contributed by atoms with van der Waals surface area (Å²) in [5, 5.41) is 11.7. The van der Waals surface area contributed by atoms with Crippen molar-refractivity contribution < 1.29 is 8.83 Å². The molecule has 0 aliphatic heterocycles. The van der Waals surface area contributed by atoms with Crippen LogP contribution >= 0.6 is 0 Å². The van der Waals surface area contributed by atoms with Crippen LogP contribution in [0.3, 0.4) is 0 Å². The molecule has 0 bridgehead atoms. The number of rotatable bonds is 3. The second-order valence-corrected chi connectivity index (χ2v) is 13.2. The first-order chi connectivity index (χ1) is 24.8. The number of benzene rings is 9. The lowest BCUT2D eigenvalue weighted by Gasteiger charge is -2.18. The van der Waals surface area contributed by atoms with Crippen LogP contribution in [-0.2, 0) is 0 Å². The van der Waals surface area contributed by atoms with Crippen LogP contribution in [0.4, 0.5) is 0 Å². The van der Waals surface area contributed by atoms with Crippen LogP contribution in [0.2, 0.25) is 0 Å². The molecule has 2 heterocycles. The Bertz CT molecular complexity index is 3070. The molecule has 0 radical (unpaired) electrons. The molecule has 0 amide bonds. The lowest BCUT2D eigenvalue weighted by Crippen LogP contribution is -1.90. The summed E-state index contributed by atoms with van der Waals surface area (Å²) in [6.07, 6.45) is 0. The third-order valence-corrected chi connectivity index (χ3v) is 10.5. The van der Waals surface area contributed by atoms with Crippen molar-refractivity contribution in [3.05, 3.63) is 170 Å². The van der Waals surface area contributed by atoms with Gasteiger partial charge in [0.05, 0.1) is 0 Å². The number of hydrogen-bond donors (Lipinski definition) is 0. The summed E-state index contributed by atoms with van der Waals surface area (Å²) in [4.78, 5) is 0. The van der Waals surface area contributed by atoms with Crippen LogP contribution < -0.4 is 0 Å². The second kappa shape index (κ2) is 10.4. The monoisotopic (exact) mass is 636 g/mol. The quantitative estimate of drug-likeness (QED) is 0.180. The molecule has 11 rings (SSSR count). The molecule has 0 aliphatic rings. The first-order valence-electron chi connectivity index (χ1n) is 17.1. The largest absolute Gasteiger partial charge is 0.456 e. The molecule has 9 aromatic carbocycles. The highest BCUT2D eigenvalue weighted by Crippen LogP contribution is 2.44. The summed E-state index contributed by atoms with van der Waals surface area (Å²) < 4.78 is 12.8. The predicted octanol–water partition coefficient (Wildman–Crippen LogP) is 13.9. The van der Waals surface area contributed by atoms with Crippen LogP contribution in [0.25, 0.3) is 110 Å². The minimum Gasteiger partial charge on any atom is -0.456 e. The Morgan fingerprint density at radius 2 is 0.800 bits per heavy atom. The van der Waals surface area contributed by atoms with Crippen molar-refractivity contribution in [3.63, 3.8) is 0 Å². The number of fused-ring (bicyclic) bond motifs is 10. The van der Waals surface area contributed by atoms with E-state index < -0.39 is 0 Å². The highest BCUT2D eigenvalue weighted by molar-refractivity contribution is 6.22. The fraction of sp³-hybridized carbons (Fsp3) is 0. The molecule has 232 valence electrons. The van der Waals surface area contributed by atoms with E-state index in [-0.39, 0.29) is 0 Å². The van der Waals surface area contributed by atoms with Gasteiger partial charge in [0.2, 0.25) is 0 Å². The summed E-state index contributed by atoms with van der Waals surface area (Å²) in [7, 11) is 0. The van der Waals surface area contributed by atoms with E-state index in [9.17, 15) is 0 Å². The Balaban J connectivity index is 1.04. The first kappa shape index (κ1) is 27.3. The van der Waals surface area contributed by atoms with Gasteiger partial charge in [-0.1, -0.05) is 133 Å². The first-order valence-corrected chi connectivity index (χ1v) is 17.1. The highest BCUT2D eigenvalue weighted by Gasteiger charge is 2.18. The third-order valence-electron chi connectivity index (χ3n) is 10.5. The van der Waals surface area contributed by atoms with Crippen LogP contribution in [0.15, 0.2) is 179 Å². The van der Waals surface area contributed by atoms with Crippen molar-refractivity contribution in [2.75, 3.05) is 0 Å². The van der Waals surface area contributed by atoms with Crippen molar-refractivity contribution in [2.45, 2.75) is 0 Å².